The Hall–Kier alpha value is -1.26. The van der Waals surface area contributed by atoms with Gasteiger partial charge in [0.15, 0.2) is 0 Å². The first-order valence-corrected chi connectivity index (χ1v) is 6.34. The van der Waals surface area contributed by atoms with Gasteiger partial charge in [0, 0.05) is 12.3 Å². The van der Waals surface area contributed by atoms with E-state index < -0.39 is 0 Å². The number of methoxy groups -OCH3 is 1. The Balaban J connectivity index is 2.00. The molecule has 1 unspecified atom stereocenters. The molecule has 0 radical (unpaired) electrons. The predicted molar refractivity (Wildman–Crippen MR) is 70.2 cm³/mol. The van der Waals surface area contributed by atoms with E-state index >= 15 is 0 Å². The molecule has 1 aliphatic heterocycles. The summed E-state index contributed by atoms with van der Waals surface area (Å²) in [6.07, 6.45) is 2.48. The number of ether oxygens (including phenoxy) is 2. The van der Waals surface area contributed by atoms with E-state index in [4.69, 9.17) is 21.1 Å². The maximum absolute atomic E-state index is 11.9. The molecule has 1 aliphatic rings. The van der Waals surface area contributed by atoms with Crippen LogP contribution in [0.3, 0.4) is 0 Å². The van der Waals surface area contributed by atoms with Crippen molar-refractivity contribution in [1.82, 2.24) is 0 Å². The summed E-state index contributed by atoms with van der Waals surface area (Å²) >= 11 is 5.99. The molecule has 98 valence electrons. The van der Waals surface area contributed by atoms with E-state index in [9.17, 15) is 4.79 Å². The summed E-state index contributed by atoms with van der Waals surface area (Å²) in [5.74, 6) is 0.472. The monoisotopic (exact) mass is 269 g/mol. The lowest BCUT2D eigenvalue weighted by Crippen LogP contribution is -2.33. The summed E-state index contributed by atoms with van der Waals surface area (Å²) in [4.78, 5) is 11.9. The van der Waals surface area contributed by atoms with E-state index in [-0.39, 0.29) is 12.0 Å². The third-order valence-electron chi connectivity index (χ3n) is 2.89. The molecule has 1 aromatic rings. The highest BCUT2D eigenvalue weighted by atomic mass is 35.5. The van der Waals surface area contributed by atoms with E-state index in [1.54, 1.807) is 25.3 Å². The highest BCUT2D eigenvalue weighted by Gasteiger charge is 2.22. The molecule has 1 N–H and O–H groups in total. The van der Waals surface area contributed by atoms with Crippen molar-refractivity contribution in [2.24, 2.45) is 0 Å². The van der Waals surface area contributed by atoms with E-state index in [0.717, 1.165) is 19.3 Å². The van der Waals surface area contributed by atoms with Crippen LogP contribution in [0.25, 0.3) is 0 Å². The zero-order valence-corrected chi connectivity index (χ0v) is 11.0. The first-order chi connectivity index (χ1) is 8.70. The van der Waals surface area contributed by atoms with Gasteiger partial charge in [-0.05, 0) is 37.5 Å². The number of carbonyl (C=O) groups excluding carboxylic acids is 1. The molecule has 1 fully saturated rings. The molecule has 0 saturated carbocycles. The van der Waals surface area contributed by atoms with E-state index in [0.29, 0.717) is 23.1 Å². The van der Waals surface area contributed by atoms with Gasteiger partial charge in [-0.25, -0.2) is 0 Å². The minimum Gasteiger partial charge on any atom is -0.495 e. The van der Waals surface area contributed by atoms with Gasteiger partial charge >= 0.3 is 0 Å². The predicted octanol–water partition coefficient (Wildman–Crippen LogP) is 2.86. The molecule has 0 aliphatic carbocycles. The quantitative estimate of drug-likeness (QED) is 0.918. The van der Waals surface area contributed by atoms with Crippen molar-refractivity contribution in [3.63, 3.8) is 0 Å². The van der Waals surface area contributed by atoms with Gasteiger partial charge in [0.25, 0.3) is 5.91 Å². The van der Waals surface area contributed by atoms with Crippen LogP contribution in [-0.2, 0) is 9.53 Å². The molecule has 1 atom stereocenters. The van der Waals surface area contributed by atoms with Crippen LogP contribution in [-0.4, -0.2) is 25.7 Å². The van der Waals surface area contributed by atoms with Crippen molar-refractivity contribution in [2.45, 2.75) is 25.4 Å². The number of carbonyl (C=O) groups is 1. The number of nitrogens with one attached hydrogen (secondary N) is 1. The zero-order chi connectivity index (χ0) is 13.0. The van der Waals surface area contributed by atoms with Crippen LogP contribution in [0.5, 0.6) is 5.75 Å². The Labute approximate surface area is 111 Å². The fraction of sp³-hybridized carbons (Fsp3) is 0.462. The first kappa shape index (κ1) is 13.2. The highest BCUT2D eigenvalue weighted by Crippen LogP contribution is 2.27. The third kappa shape index (κ3) is 3.15. The third-order valence-corrected chi connectivity index (χ3v) is 3.19. The fourth-order valence-electron chi connectivity index (χ4n) is 1.91. The fourth-order valence-corrected chi connectivity index (χ4v) is 2.17. The van der Waals surface area contributed by atoms with Crippen LogP contribution in [0.2, 0.25) is 5.02 Å². The van der Waals surface area contributed by atoms with E-state index in [1.165, 1.54) is 0 Å². The molecule has 4 nitrogen and oxygen atoms in total. The number of hydrogen-bond acceptors (Lipinski definition) is 3. The molecule has 0 aromatic heterocycles. The molecule has 0 bridgehead atoms. The molecular formula is C13H16ClNO3. The van der Waals surface area contributed by atoms with E-state index in [2.05, 4.69) is 5.32 Å². The second-order valence-electron chi connectivity index (χ2n) is 4.19. The van der Waals surface area contributed by atoms with E-state index in [1.807, 2.05) is 0 Å². The Bertz CT molecular complexity index is 430. The summed E-state index contributed by atoms with van der Waals surface area (Å²) in [5, 5.41) is 3.27. The van der Waals surface area contributed by atoms with Crippen molar-refractivity contribution >= 4 is 23.2 Å². The smallest absolute Gasteiger partial charge is 0.253 e. The first-order valence-electron chi connectivity index (χ1n) is 5.96. The summed E-state index contributed by atoms with van der Waals surface area (Å²) in [6.45, 7) is 0.654. The lowest BCUT2D eigenvalue weighted by Gasteiger charge is -2.21. The van der Waals surface area contributed by atoms with Gasteiger partial charge in [0.05, 0.1) is 12.1 Å². The molecule has 18 heavy (non-hydrogen) atoms. The van der Waals surface area contributed by atoms with Crippen LogP contribution in [0, 0.1) is 0 Å². The average molecular weight is 270 g/mol. The SMILES string of the molecule is COc1ccc(NC(=O)C2CCCCO2)cc1Cl. The minimum atomic E-state index is -0.348. The Morgan fingerprint density at radius 1 is 1.50 bits per heavy atom. The molecule has 2 rings (SSSR count). The van der Waals surface area contributed by atoms with Crippen LogP contribution in [0.1, 0.15) is 19.3 Å². The Kier molecular flexibility index (Phi) is 4.44. The lowest BCUT2D eigenvalue weighted by molar-refractivity contribution is -0.129. The topological polar surface area (TPSA) is 47.6 Å². The van der Waals surface area contributed by atoms with Gasteiger partial charge in [-0.2, -0.15) is 0 Å². The van der Waals surface area contributed by atoms with Gasteiger partial charge in [-0.3, -0.25) is 4.79 Å². The largest absolute Gasteiger partial charge is 0.495 e. The maximum Gasteiger partial charge on any atom is 0.253 e. The van der Waals surface area contributed by atoms with Gasteiger partial charge in [-0.15, -0.1) is 0 Å². The van der Waals surface area contributed by atoms with Crippen molar-refractivity contribution in [1.29, 1.82) is 0 Å². The van der Waals surface area contributed by atoms with Gasteiger partial charge in [0.2, 0.25) is 0 Å². The summed E-state index contributed by atoms with van der Waals surface area (Å²) in [7, 11) is 1.55. The van der Waals surface area contributed by atoms with Gasteiger partial charge in [0.1, 0.15) is 11.9 Å². The van der Waals surface area contributed by atoms with Crippen LogP contribution in [0.15, 0.2) is 18.2 Å². The van der Waals surface area contributed by atoms with Crippen LogP contribution in [0.4, 0.5) is 5.69 Å². The van der Waals surface area contributed by atoms with Crippen molar-refractivity contribution in [3.8, 4) is 5.75 Å². The Morgan fingerprint density at radius 3 is 2.94 bits per heavy atom. The standard InChI is InChI=1S/C13H16ClNO3/c1-17-11-6-5-9(8-10(11)14)15-13(16)12-4-2-3-7-18-12/h5-6,8,12H,2-4,7H2,1H3,(H,15,16). The van der Waals surface area contributed by atoms with Crippen molar-refractivity contribution < 1.29 is 14.3 Å². The number of benzene rings is 1. The van der Waals surface area contributed by atoms with Gasteiger partial charge in [-0.1, -0.05) is 11.6 Å². The lowest BCUT2D eigenvalue weighted by atomic mass is 10.1. The molecule has 1 aromatic carbocycles. The number of rotatable bonds is 3. The highest BCUT2D eigenvalue weighted by molar-refractivity contribution is 6.32. The molecule has 5 heteroatoms. The molecule has 0 spiro atoms. The molecule has 1 amide bonds. The molecule has 1 heterocycles. The minimum absolute atomic E-state index is 0.115. The second kappa shape index (κ2) is 6.07. The molecule has 1 saturated heterocycles. The van der Waals surface area contributed by atoms with Crippen molar-refractivity contribution in [2.75, 3.05) is 19.0 Å². The number of anilines is 1. The number of hydrogen-bond donors (Lipinski definition) is 1. The zero-order valence-electron chi connectivity index (χ0n) is 10.2. The summed E-state index contributed by atoms with van der Waals surface area (Å²) in [5.41, 5.74) is 0.653. The van der Waals surface area contributed by atoms with Crippen LogP contribution < -0.4 is 10.1 Å². The van der Waals surface area contributed by atoms with Gasteiger partial charge < -0.3 is 14.8 Å². The number of amides is 1. The van der Waals surface area contributed by atoms with Crippen LogP contribution >= 0.6 is 11.6 Å². The van der Waals surface area contributed by atoms with Crippen molar-refractivity contribution in [3.05, 3.63) is 23.2 Å². The summed E-state index contributed by atoms with van der Waals surface area (Å²) in [6, 6.07) is 5.15. The number of halogens is 1. The molecular weight excluding hydrogens is 254 g/mol. The Morgan fingerprint density at radius 2 is 2.33 bits per heavy atom. The second-order valence-corrected chi connectivity index (χ2v) is 4.60. The maximum atomic E-state index is 11.9. The normalized spacial score (nSPS) is 19.3. The average Bonchev–Trinajstić information content (AvgIpc) is 2.40. The summed E-state index contributed by atoms with van der Waals surface area (Å²) < 4.78 is 10.5.